The number of hydrogen-bond donors (Lipinski definition) is 2. The Morgan fingerprint density at radius 1 is 1.75 bits per heavy atom. The van der Waals surface area contributed by atoms with E-state index in [0.29, 0.717) is 0 Å². The van der Waals surface area contributed by atoms with Gasteiger partial charge in [0.05, 0.1) is 17.9 Å². The number of nitrogens with two attached hydrogens (primary N) is 1. The van der Waals surface area contributed by atoms with Crippen molar-refractivity contribution in [2.24, 2.45) is 12.9 Å². The first-order valence-corrected chi connectivity index (χ1v) is 4.10. The molecule has 0 saturated carbocycles. The zero-order chi connectivity index (χ0) is 8.97. The first-order chi connectivity index (χ1) is 5.79. The Bertz CT molecular complexity index is 231. The average Bonchev–Trinajstić information content (AvgIpc) is 2.47. The van der Waals surface area contributed by atoms with Gasteiger partial charge in [-0.15, -0.1) is 5.10 Å². The Morgan fingerprint density at radius 2 is 2.50 bits per heavy atom. The summed E-state index contributed by atoms with van der Waals surface area (Å²) in [6.07, 6.45) is 3.82. The minimum Gasteiger partial charge on any atom is -0.271 e. The van der Waals surface area contributed by atoms with Crippen molar-refractivity contribution >= 4 is 0 Å². The molecule has 0 fully saturated rings. The van der Waals surface area contributed by atoms with Gasteiger partial charge in [-0.3, -0.25) is 16.0 Å². The van der Waals surface area contributed by atoms with Gasteiger partial charge in [0.25, 0.3) is 0 Å². The van der Waals surface area contributed by atoms with E-state index in [1.807, 2.05) is 7.05 Å². The number of rotatable bonds is 4. The third kappa shape index (κ3) is 1.80. The SMILES string of the molecule is CCCC(NN)c1cnnn1C. The lowest BCUT2D eigenvalue weighted by molar-refractivity contribution is 0.474. The Labute approximate surface area is 71.9 Å². The van der Waals surface area contributed by atoms with E-state index in [4.69, 9.17) is 5.84 Å². The zero-order valence-corrected chi connectivity index (χ0v) is 7.49. The van der Waals surface area contributed by atoms with Crippen molar-refractivity contribution in [2.45, 2.75) is 25.8 Å². The van der Waals surface area contributed by atoms with Crippen molar-refractivity contribution < 1.29 is 0 Å². The average molecular weight is 169 g/mol. The van der Waals surface area contributed by atoms with Crippen LogP contribution in [0.25, 0.3) is 0 Å². The van der Waals surface area contributed by atoms with E-state index >= 15 is 0 Å². The molecule has 5 nitrogen and oxygen atoms in total. The molecule has 0 amide bonds. The number of nitrogens with one attached hydrogen (secondary N) is 1. The summed E-state index contributed by atoms with van der Waals surface area (Å²) in [4.78, 5) is 0. The van der Waals surface area contributed by atoms with Crippen LogP contribution in [0.2, 0.25) is 0 Å². The quantitative estimate of drug-likeness (QED) is 0.496. The second-order valence-electron chi connectivity index (χ2n) is 2.79. The van der Waals surface area contributed by atoms with Crippen LogP contribution in [0.5, 0.6) is 0 Å². The lowest BCUT2D eigenvalue weighted by atomic mass is 10.1. The van der Waals surface area contributed by atoms with Gasteiger partial charge in [0.2, 0.25) is 0 Å². The minimum absolute atomic E-state index is 0.162. The predicted octanol–water partition coefficient (Wildman–Crippen LogP) is 0.120. The number of aromatic nitrogens is 3. The highest BCUT2D eigenvalue weighted by Crippen LogP contribution is 2.14. The van der Waals surface area contributed by atoms with Gasteiger partial charge in [0.1, 0.15) is 0 Å². The van der Waals surface area contributed by atoms with Crippen LogP contribution in [-0.2, 0) is 7.05 Å². The van der Waals surface area contributed by atoms with Crippen LogP contribution in [0, 0.1) is 0 Å². The fraction of sp³-hybridized carbons (Fsp3) is 0.714. The molecule has 1 aromatic heterocycles. The van der Waals surface area contributed by atoms with Gasteiger partial charge in [0.15, 0.2) is 0 Å². The summed E-state index contributed by atoms with van der Waals surface area (Å²) in [5.74, 6) is 5.40. The summed E-state index contributed by atoms with van der Waals surface area (Å²) in [5.41, 5.74) is 3.77. The molecule has 0 aliphatic carbocycles. The van der Waals surface area contributed by atoms with Gasteiger partial charge < -0.3 is 0 Å². The van der Waals surface area contributed by atoms with Crippen molar-refractivity contribution in [3.05, 3.63) is 11.9 Å². The molecule has 1 rings (SSSR count). The van der Waals surface area contributed by atoms with E-state index in [-0.39, 0.29) is 6.04 Å². The van der Waals surface area contributed by atoms with E-state index in [1.165, 1.54) is 0 Å². The fourth-order valence-corrected chi connectivity index (χ4v) is 1.22. The van der Waals surface area contributed by atoms with Crippen LogP contribution < -0.4 is 11.3 Å². The maximum atomic E-state index is 5.40. The summed E-state index contributed by atoms with van der Waals surface area (Å²) in [7, 11) is 1.86. The normalized spacial score (nSPS) is 13.2. The molecule has 3 N–H and O–H groups in total. The molecule has 0 bridgehead atoms. The fourth-order valence-electron chi connectivity index (χ4n) is 1.22. The van der Waals surface area contributed by atoms with E-state index < -0.39 is 0 Å². The topological polar surface area (TPSA) is 68.8 Å². The lowest BCUT2D eigenvalue weighted by Crippen LogP contribution is -2.29. The molecule has 1 unspecified atom stereocenters. The number of hydrogen-bond acceptors (Lipinski definition) is 4. The molecule has 5 heteroatoms. The van der Waals surface area contributed by atoms with Crippen LogP contribution in [0.15, 0.2) is 6.20 Å². The van der Waals surface area contributed by atoms with E-state index in [9.17, 15) is 0 Å². The predicted molar refractivity (Wildman–Crippen MR) is 46.0 cm³/mol. The molecule has 0 aliphatic heterocycles. The largest absolute Gasteiger partial charge is 0.271 e. The molecule has 0 radical (unpaired) electrons. The number of nitrogens with zero attached hydrogens (tertiary/aromatic N) is 3. The molecule has 0 aliphatic rings. The summed E-state index contributed by atoms with van der Waals surface area (Å²) < 4.78 is 1.74. The van der Waals surface area contributed by atoms with Crippen molar-refractivity contribution in [1.82, 2.24) is 20.4 Å². The molecule has 0 aromatic carbocycles. The maximum absolute atomic E-state index is 5.40. The summed E-state index contributed by atoms with van der Waals surface area (Å²) in [6, 6.07) is 0.162. The Kier molecular flexibility index (Phi) is 3.19. The maximum Gasteiger partial charge on any atom is 0.0766 e. The highest BCUT2D eigenvalue weighted by molar-refractivity contribution is 5.00. The highest BCUT2D eigenvalue weighted by atomic mass is 15.4. The Balaban J connectivity index is 2.72. The van der Waals surface area contributed by atoms with E-state index in [1.54, 1.807) is 10.9 Å². The first kappa shape index (κ1) is 9.15. The van der Waals surface area contributed by atoms with Crippen LogP contribution in [0.1, 0.15) is 31.5 Å². The van der Waals surface area contributed by atoms with Gasteiger partial charge in [-0.25, -0.2) is 0 Å². The third-order valence-corrected chi connectivity index (χ3v) is 1.89. The molecule has 0 spiro atoms. The summed E-state index contributed by atoms with van der Waals surface area (Å²) >= 11 is 0. The molecular weight excluding hydrogens is 154 g/mol. The second kappa shape index (κ2) is 4.18. The Hall–Kier alpha value is -0.940. The van der Waals surface area contributed by atoms with Crippen LogP contribution in [-0.4, -0.2) is 15.0 Å². The van der Waals surface area contributed by atoms with Crippen molar-refractivity contribution in [3.8, 4) is 0 Å². The smallest absolute Gasteiger partial charge is 0.0766 e. The van der Waals surface area contributed by atoms with Crippen LogP contribution in [0.3, 0.4) is 0 Å². The number of aryl methyl sites for hydroxylation is 1. The third-order valence-electron chi connectivity index (χ3n) is 1.89. The molecular formula is C7H15N5. The summed E-state index contributed by atoms with van der Waals surface area (Å²) in [5, 5.41) is 7.63. The molecule has 1 atom stereocenters. The van der Waals surface area contributed by atoms with Crippen molar-refractivity contribution in [3.63, 3.8) is 0 Å². The molecule has 1 aromatic rings. The minimum atomic E-state index is 0.162. The monoisotopic (exact) mass is 169 g/mol. The summed E-state index contributed by atoms with van der Waals surface area (Å²) in [6.45, 7) is 2.12. The second-order valence-corrected chi connectivity index (χ2v) is 2.79. The first-order valence-electron chi connectivity index (χ1n) is 4.10. The van der Waals surface area contributed by atoms with Crippen LogP contribution >= 0.6 is 0 Å². The Morgan fingerprint density at radius 3 is 2.92 bits per heavy atom. The van der Waals surface area contributed by atoms with E-state index in [2.05, 4.69) is 22.7 Å². The van der Waals surface area contributed by atoms with Gasteiger partial charge in [-0.05, 0) is 6.42 Å². The molecule has 1 heterocycles. The van der Waals surface area contributed by atoms with Gasteiger partial charge in [0, 0.05) is 7.05 Å². The van der Waals surface area contributed by atoms with E-state index in [0.717, 1.165) is 18.5 Å². The van der Waals surface area contributed by atoms with Crippen LogP contribution in [0.4, 0.5) is 0 Å². The van der Waals surface area contributed by atoms with Crippen molar-refractivity contribution in [2.75, 3.05) is 0 Å². The molecule has 68 valence electrons. The van der Waals surface area contributed by atoms with Gasteiger partial charge in [-0.2, -0.15) is 0 Å². The molecule has 12 heavy (non-hydrogen) atoms. The number of hydrazine groups is 1. The lowest BCUT2D eigenvalue weighted by Gasteiger charge is -2.13. The highest BCUT2D eigenvalue weighted by Gasteiger charge is 2.12. The standard InChI is InChI=1S/C7H15N5/c1-3-4-6(10-8)7-5-9-11-12(7)2/h5-6,10H,3-4,8H2,1-2H3. The van der Waals surface area contributed by atoms with Gasteiger partial charge in [-0.1, -0.05) is 18.6 Å². The zero-order valence-electron chi connectivity index (χ0n) is 7.49. The molecule has 0 saturated heterocycles. The van der Waals surface area contributed by atoms with Crippen molar-refractivity contribution in [1.29, 1.82) is 0 Å². The van der Waals surface area contributed by atoms with Gasteiger partial charge >= 0.3 is 0 Å².